The lowest BCUT2D eigenvalue weighted by atomic mass is 9.97. The van der Waals surface area contributed by atoms with E-state index in [1.165, 1.54) is 48.6 Å². The van der Waals surface area contributed by atoms with Crippen molar-refractivity contribution in [3.05, 3.63) is 83.1 Å². The zero-order valence-corrected chi connectivity index (χ0v) is 28.0. The molecule has 0 aromatic heterocycles. The van der Waals surface area contributed by atoms with Gasteiger partial charge in [-0.3, -0.25) is 0 Å². The molecular formula is C36H38O18. The minimum Gasteiger partial charge on any atom is -0.508 e. The summed E-state index contributed by atoms with van der Waals surface area (Å²) in [7, 11) is 0. The summed E-state index contributed by atoms with van der Waals surface area (Å²) in [6.45, 7) is -1.47. The average Bonchev–Trinajstić information content (AvgIpc) is 3.14. The van der Waals surface area contributed by atoms with Crippen LogP contribution in [0, 0.1) is 0 Å². The van der Waals surface area contributed by atoms with Gasteiger partial charge in [0.15, 0.2) is 30.0 Å². The van der Waals surface area contributed by atoms with E-state index in [1.807, 2.05) is 0 Å². The Labute approximate surface area is 305 Å². The van der Waals surface area contributed by atoms with Gasteiger partial charge in [0.2, 0.25) is 6.29 Å². The number of aliphatic hydroxyl groups is 6. The molecule has 0 bridgehead atoms. The summed E-state index contributed by atoms with van der Waals surface area (Å²) in [4.78, 5) is 12.6. The number of carbonyl (C=O) groups excluding carboxylic acids is 1. The average molecular weight is 759 g/mol. The molecule has 11 N–H and O–H groups in total. The topological polar surface area (TPSA) is 295 Å². The van der Waals surface area contributed by atoms with Crippen LogP contribution >= 0.6 is 0 Å². The quantitative estimate of drug-likeness (QED) is 0.0712. The lowest BCUT2D eigenvalue weighted by molar-refractivity contribution is -0.364. The first-order valence-corrected chi connectivity index (χ1v) is 16.5. The number of esters is 1. The fourth-order valence-electron chi connectivity index (χ4n) is 5.99. The van der Waals surface area contributed by atoms with Crippen LogP contribution in [0.15, 0.2) is 66.4 Å². The van der Waals surface area contributed by atoms with Crippen molar-refractivity contribution in [2.75, 3.05) is 13.2 Å². The molecule has 2 saturated heterocycles. The Morgan fingerprint density at radius 1 is 0.722 bits per heavy atom. The second-order valence-corrected chi connectivity index (χ2v) is 12.7. The molecule has 54 heavy (non-hydrogen) atoms. The third-order valence-electron chi connectivity index (χ3n) is 8.93. The second kappa shape index (κ2) is 16.1. The molecule has 6 rings (SSSR count). The summed E-state index contributed by atoms with van der Waals surface area (Å²) in [6.07, 6.45) is -15.4. The van der Waals surface area contributed by atoms with E-state index in [2.05, 4.69) is 0 Å². The van der Waals surface area contributed by atoms with Crippen LogP contribution in [0.25, 0.3) is 12.2 Å². The van der Waals surface area contributed by atoms with Crippen LogP contribution in [0.2, 0.25) is 0 Å². The number of benzene rings is 3. The highest BCUT2D eigenvalue weighted by Crippen LogP contribution is 2.45. The van der Waals surface area contributed by atoms with Gasteiger partial charge in [0.1, 0.15) is 78.1 Å². The Morgan fingerprint density at radius 2 is 1.43 bits per heavy atom. The molecule has 0 radical (unpaired) electrons. The molecule has 0 spiro atoms. The molecule has 11 atom stereocenters. The van der Waals surface area contributed by atoms with Gasteiger partial charge in [-0.25, -0.2) is 4.79 Å². The van der Waals surface area contributed by atoms with Crippen molar-refractivity contribution in [2.45, 2.75) is 67.5 Å². The van der Waals surface area contributed by atoms with Gasteiger partial charge < -0.3 is 84.6 Å². The Morgan fingerprint density at radius 3 is 2.13 bits per heavy atom. The third-order valence-corrected chi connectivity index (χ3v) is 8.93. The fourth-order valence-corrected chi connectivity index (χ4v) is 5.99. The van der Waals surface area contributed by atoms with Gasteiger partial charge >= 0.3 is 5.97 Å². The van der Waals surface area contributed by atoms with Gasteiger partial charge in [-0.1, -0.05) is 18.2 Å². The first-order valence-electron chi connectivity index (χ1n) is 16.5. The number of aliphatic hydroxyl groups excluding tert-OH is 6. The maximum atomic E-state index is 12.6. The molecule has 18 nitrogen and oxygen atoms in total. The fraction of sp³-hybridized carbons (Fsp3) is 0.361. The lowest BCUT2D eigenvalue weighted by Crippen LogP contribution is -2.64. The third kappa shape index (κ3) is 8.16. The van der Waals surface area contributed by atoms with Crippen molar-refractivity contribution in [1.82, 2.24) is 0 Å². The van der Waals surface area contributed by atoms with Gasteiger partial charge in [0.05, 0.1) is 12.2 Å². The first kappa shape index (κ1) is 38.6. The van der Waals surface area contributed by atoms with Gasteiger partial charge in [-0.2, -0.15) is 0 Å². The Balaban J connectivity index is 1.31. The molecular weight excluding hydrogens is 720 g/mol. The number of ether oxygens (including phenoxy) is 6. The predicted molar refractivity (Wildman–Crippen MR) is 179 cm³/mol. The highest BCUT2D eigenvalue weighted by molar-refractivity contribution is 5.87. The van der Waals surface area contributed by atoms with Crippen LogP contribution in [0.3, 0.4) is 0 Å². The van der Waals surface area contributed by atoms with Crippen molar-refractivity contribution < 1.29 is 89.4 Å². The van der Waals surface area contributed by atoms with Crippen LogP contribution in [-0.4, -0.2) is 137 Å². The van der Waals surface area contributed by atoms with E-state index in [9.17, 15) is 61.0 Å². The van der Waals surface area contributed by atoms with E-state index in [0.717, 1.165) is 24.3 Å². The maximum Gasteiger partial charge on any atom is 0.330 e. The van der Waals surface area contributed by atoms with Gasteiger partial charge in [-0.15, -0.1) is 0 Å². The Bertz CT molecular complexity index is 1860. The van der Waals surface area contributed by atoms with E-state index in [4.69, 9.17) is 28.4 Å². The number of phenols is 5. The number of phenolic OH excluding ortho intramolecular Hbond substituents is 5. The van der Waals surface area contributed by atoms with Gasteiger partial charge in [0, 0.05) is 23.8 Å². The van der Waals surface area contributed by atoms with E-state index in [1.54, 1.807) is 0 Å². The summed E-state index contributed by atoms with van der Waals surface area (Å²) < 4.78 is 34.7. The lowest BCUT2D eigenvalue weighted by Gasteiger charge is -2.46. The van der Waals surface area contributed by atoms with Gasteiger partial charge in [0.25, 0.3) is 0 Å². The van der Waals surface area contributed by atoms with Crippen molar-refractivity contribution in [3.63, 3.8) is 0 Å². The molecule has 3 heterocycles. The summed E-state index contributed by atoms with van der Waals surface area (Å²) in [6, 6.07) is 11.8. The zero-order chi connectivity index (χ0) is 38.8. The predicted octanol–water partition coefficient (Wildman–Crippen LogP) is -0.406. The maximum absolute atomic E-state index is 12.6. The summed E-state index contributed by atoms with van der Waals surface area (Å²) in [5.74, 6) is -2.90. The van der Waals surface area contributed by atoms with Crippen molar-refractivity contribution in [3.8, 4) is 34.5 Å². The van der Waals surface area contributed by atoms with E-state index in [0.29, 0.717) is 5.56 Å². The first-order chi connectivity index (χ1) is 25.7. The van der Waals surface area contributed by atoms with Crippen molar-refractivity contribution >= 4 is 18.1 Å². The highest BCUT2D eigenvalue weighted by atomic mass is 16.8. The minimum atomic E-state index is -1.97. The van der Waals surface area contributed by atoms with E-state index in [-0.39, 0.29) is 34.1 Å². The monoisotopic (exact) mass is 758 g/mol. The molecule has 1 unspecified atom stereocenters. The second-order valence-electron chi connectivity index (χ2n) is 12.7. The number of carbonyl (C=O) groups is 1. The Kier molecular flexibility index (Phi) is 11.5. The van der Waals surface area contributed by atoms with Crippen molar-refractivity contribution in [2.24, 2.45) is 0 Å². The number of rotatable bonds is 10. The Hall–Kier alpha value is -5.15. The molecule has 290 valence electrons. The van der Waals surface area contributed by atoms with Crippen LogP contribution in [-0.2, 0) is 28.5 Å². The van der Waals surface area contributed by atoms with E-state index >= 15 is 0 Å². The molecule has 3 aliphatic rings. The molecule has 0 amide bonds. The van der Waals surface area contributed by atoms with Crippen LogP contribution in [0.1, 0.15) is 22.8 Å². The zero-order valence-electron chi connectivity index (χ0n) is 28.0. The summed E-state index contributed by atoms with van der Waals surface area (Å²) in [5, 5.41) is 114. The molecule has 0 saturated carbocycles. The van der Waals surface area contributed by atoms with Crippen LogP contribution in [0.5, 0.6) is 34.5 Å². The van der Waals surface area contributed by atoms with Crippen LogP contribution < -0.4 is 4.74 Å². The number of aromatic hydroxyl groups is 5. The summed E-state index contributed by atoms with van der Waals surface area (Å²) in [5.41, 5.74) is 0.729. The van der Waals surface area contributed by atoms with Gasteiger partial charge in [-0.05, 0) is 42.0 Å². The van der Waals surface area contributed by atoms with Crippen LogP contribution in [0.4, 0.5) is 0 Å². The normalized spacial score (nSPS) is 30.9. The molecule has 0 aliphatic carbocycles. The van der Waals surface area contributed by atoms with E-state index < -0.39 is 104 Å². The number of hydrogen-bond acceptors (Lipinski definition) is 18. The number of hydrogen-bond donors (Lipinski definition) is 11. The molecule has 3 aliphatic heterocycles. The molecule has 3 aromatic carbocycles. The molecule has 3 aromatic rings. The standard InChI is InChI=1S/C36H38O18/c37-13-25-28(44)30(46)32(48)35(52-25)54-34-31(47)29(45)26(14-49-27(43)8-3-15-1-5-17(38)6-2-15)53-36(34)51-24-12-19-21(41)10-18(39)11-23(19)50-33(24)16-4-7-20(40)22(42)9-16/h1-12,25-26,28-42,44-48H,13-14H2/b8-3+/t25-,26-,28-,29-,30+,31+,32-,33?,34+,35+,36-/m1/s1. The largest absolute Gasteiger partial charge is 0.508 e. The smallest absolute Gasteiger partial charge is 0.330 e. The summed E-state index contributed by atoms with van der Waals surface area (Å²) >= 11 is 0. The molecule has 18 heteroatoms. The molecule has 2 fully saturated rings. The highest BCUT2D eigenvalue weighted by Gasteiger charge is 2.52. The minimum absolute atomic E-state index is 0.00995. The number of fused-ring (bicyclic) bond motifs is 1. The van der Waals surface area contributed by atoms with Crippen molar-refractivity contribution in [1.29, 1.82) is 0 Å². The SMILES string of the molecule is O=C(/C=C/c1ccc(O)cc1)OC[C@H]1O[C@@H](OC2=Cc3c(O)cc(O)cc3OC2c2ccc(O)c(O)c2)[C@@H](O[C@@H]2O[C@H](CO)[C@@H](O)[C@H](O)[C@H]2O)[C@@H](O)[C@@H]1O.